The molecule has 0 aliphatic rings. The van der Waals surface area contributed by atoms with Crippen LogP contribution in [0, 0.1) is 0 Å². The molecule has 0 fully saturated rings. The molecule has 0 heterocycles. The summed E-state index contributed by atoms with van der Waals surface area (Å²) < 4.78 is 68.2. The molecule has 8 nitrogen and oxygen atoms in total. The van der Waals surface area contributed by atoms with Gasteiger partial charge in [0.2, 0.25) is 0 Å². The molecule has 0 saturated carbocycles. The summed E-state index contributed by atoms with van der Waals surface area (Å²) in [7, 11) is -5.05. The predicted octanol–water partition coefficient (Wildman–Crippen LogP) is 0.867. The van der Waals surface area contributed by atoms with Gasteiger partial charge in [0.25, 0.3) is 0 Å². The Morgan fingerprint density at radius 2 is 1.58 bits per heavy atom. The number of hydrogen-bond donors (Lipinski definition) is 3. The highest BCUT2D eigenvalue weighted by Crippen LogP contribution is 2.15. The normalized spacial score (nSPS) is 12.5. The second-order valence-electron chi connectivity index (χ2n) is 4.07. The van der Waals surface area contributed by atoms with Gasteiger partial charge in [-0.25, -0.2) is 4.79 Å². The fourth-order valence-corrected chi connectivity index (χ4v) is 1.48. The summed E-state index contributed by atoms with van der Waals surface area (Å²) in [5, 5.41) is 15.7. The van der Waals surface area contributed by atoms with E-state index < -0.39 is 34.7 Å². The topological polar surface area (TPSA) is 144 Å². The molecule has 0 aliphatic heterocycles. The van der Waals surface area contributed by atoms with E-state index in [2.05, 4.69) is 4.18 Å². The van der Waals surface area contributed by atoms with Crippen molar-refractivity contribution in [1.82, 2.24) is 0 Å². The van der Waals surface area contributed by atoms with Crippen LogP contribution in [0.2, 0.25) is 0 Å². The van der Waals surface area contributed by atoms with Crippen LogP contribution in [-0.2, 0) is 26.5 Å². The number of hydrogen-bond acceptors (Lipinski definition) is 6. The molecule has 0 saturated heterocycles. The van der Waals surface area contributed by atoms with Gasteiger partial charge in [0.1, 0.15) is 11.8 Å². The highest BCUT2D eigenvalue weighted by atomic mass is 32.3. The van der Waals surface area contributed by atoms with Gasteiger partial charge >= 0.3 is 28.6 Å². The van der Waals surface area contributed by atoms with Crippen molar-refractivity contribution in [3.8, 4) is 5.75 Å². The fourth-order valence-electron chi connectivity index (χ4n) is 1.14. The van der Waals surface area contributed by atoms with Crippen LogP contribution in [0.1, 0.15) is 5.56 Å². The minimum Gasteiger partial charge on any atom is -0.480 e. The van der Waals surface area contributed by atoms with E-state index in [1.807, 2.05) is 0 Å². The number of benzene rings is 1. The van der Waals surface area contributed by atoms with Gasteiger partial charge in [-0.2, -0.15) is 21.6 Å². The maximum Gasteiger partial charge on any atom is 0.490 e. The first kappa shape index (κ1) is 21.6. The van der Waals surface area contributed by atoms with E-state index >= 15 is 0 Å². The Morgan fingerprint density at radius 1 is 1.17 bits per heavy atom. The van der Waals surface area contributed by atoms with Crippen molar-refractivity contribution >= 4 is 22.4 Å². The van der Waals surface area contributed by atoms with E-state index in [0.29, 0.717) is 5.56 Å². The first-order valence-electron chi connectivity index (χ1n) is 5.74. The summed E-state index contributed by atoms with van der Waals surface area (Å²) >= 11 is 0. The second kappa shape index (κ2) is 8.44. The molecule has 13 heteroatoms. The van der Waals surface area contributed by atoms with Crippen molar-refractivity contribution in [3.63, 3.8) is 0 Å². The molecule has 1 atom stereocenters. The third kappa shape index (κ3) is 9.58. The van der Waals surface area contributed by atoms with Crippen molar-refractivity contribution in [3.05, 3.63) is 29.8 Å². The van der Waals surface area contributed by atoms with Crippen molar-refractivity contribution in [2.24, 2.45) is 5.73 Å². The Labute approximate surface area is 132 Å². The number of halogens is 4. The first-order chi connectivity index (χ1) is 10.7. The van der Waals surface area contributed by atoms with Gasteiger partial charge in [0, 0.05) is 0 Å². The fraction of sp³-hybridized carbons (Fsp3) is 0.273. The van der Waals surface area contributed by atoms with E-state index in [9.17, 15) is 30.3 Å². The summed E-state index contributed by atoms with van der Waals surface area (Å²) in [6, 6.07) is 4.18. The molecule has 1 aromatic carbocycles. The number of aliphatic carboxylic acids is 2. The quantitative estimate of drug-likeness (QED) is 0.506. The molecule has 0 aromatic heterocycles. The smallest absolute Gasteiger partial charge is 0.480 e. The molecule has 4 N–H and O–H groups in total. The Hall–Kier alpha value is -2.41. The number of carbonyl (C=O) groups is 2. The second-order valence-corrected chi connectivity index (χ2v) is 5.03. The maximum atomic E-state index is 12.1. The lowest BCUT2D eigenvalue weighted by molar-refractivity contribution is -0.192. The van der Waals surface area contributed by atoms with Crippen LogP contribution in [0.25, 0.3) is 0 Å². The minimum atomic E-state index is -5.08. The molecule has 1 rings (SSSR count). The predicted molar refractivity (Wildman–Crippen MR) is 70.1 cm³/mol. The molecular formula is C11H11F4NO7S. The average molecular weight is 377 g/mol. The molecule has 0 radical (unpaired) electrons. The number of carboxylic acids is 2. The summed E-state index contributed by atoms with van der Waals surface area (Å²) in [6.45, 7) is 0. The molecule has 0 unspecified atom stereocenters. The molecule has 0 amide bonds. The first-order valence-corrected chi connectivity index (χ1v) is 7.04. The summed E-state index contributed by atoms with van der Waals surface area (Å²) in [5.74, 6) is -4.09. The van der Waals surface area contributed by atoms with Crippen molar-refractivity contribution in [1.29, 1.82) is 0 Å². The van der Waals surface area contributed by atoms with Gasteiger partial charge in [-0.1, -0.05) is 16.0 Å². The van der Waals surface area contributed by atoms with Gasteiger partial charge in [-0.3, -0.25) is 4.79 Å². The molecule has 1 aromatic rings. The molecule has 0 aliphatic carbocycles. The Bertz CT molecular complexity index is 673. The van der Waals surface area contributed by atoms with Crippen molar-refractivity contribution in [2.75, 3.05) is 0 Å². The number of carboxylic acid groups (broad SMARTS) is 2. The maximum absolute atomic E-state index is 12.1. The van der Waals surface area contributed by atoms with Gasteiger partial charge in [-0.15, -0.1) is 0 Å². The van der Waals surface area contributed by atoms with Crippen LogP contribution in [0.4, 0.5) is 17.1 Å². The van der Waals surface area contributed by atoms with Crippen LogP contribution in [0.5, 0.6) is 5.75 Å². The van der Waals surface area contributed by atoms with Gasteiger partial charge in [-0.05, 0) is 24.1 Å². The SMILES string of the molecule is N[C@@H](Cc1ccc(OS(=O)(=O)F)cc1)C(=O)O.O=C(O)C(F)(F)F. The molecule has 136 valence electrons. The molecule has 24 heavy (non-hydrogen) atoms. The van der Waals surface area contributed by atoms with Crippen LogP contribution < -0.4 is 9.92 Å². The Morgan fingerprint density at radius 3 is 1.88 bits per heavy atom. The van der Waals surface area contributed by atoms with E-state index in [1.54, 1.807) is 0 Å². The average Bonchev–Trinajstić information content (AvgIpc) is 2.38. The zero-order valence-corrected chi connectivity index (χ0v) is 12.3. The third-order valence-corrected chi connectivity index (χ3v) is 2.53. The van der Waals surface area contributed by atoms with Crippen molar-refractivity contribution in [2.45, 2.75) is 18.6 Å². The van der Waals surface area contributed by atoms with E-state index in [4.69, 9.17) is 20.7 Å². The monoisotopic (exact) mass is 377 g/mol. The molecule has 0 spiro atoms. The Balaban J connectivity index is 0.000000640. The number of rotatable bonds is 5. The Kier molecular flexibility index (Phi) is 7.60. The molecule has 0 bridgehead atoms. The highest BCUT2D eigenvalue weighted by molar-refractivity contribution is 7.81. The van der Waals surface area contributed by atoms with E-state index in [0.717, 1.165) is 0 Å². The standard InChI is InChI=1S/C9H10FNO5S.C2HF3O2/c10-17(14,15)16-7-3-1-6(2-4-7)5-8(11)9(12)13;3-2(4,5)1(6)7/h1-4,8H,5,11H2,(H,12,13);(H,6,7)/t8-;/m0./s1. The van der Waals surface area contributed by atoms with Gasteiger partial charge in [0.15, 0.2) is 0 Å². The minimum absolute atomic E-state index is 0.0813. The van der Waals surface area contributed by atoms with Crippen LogP contribution >= 0.6 is 0 Å². The summed E-state index contributed by atoms with van der Waals surface area (Å²) in [6.07, 6.45) is -5.00. The van der Waals surface area contributed by atoms with Crippen LogP contribution in [-0.4, -0.2) is 42.8 Å². The van der Waals surface area contributed by atoms with E-state index in [-0.39, 0.29) is 12.2 Å². The largest absolute Gasteiger partial charge is 0.490 e. The zero-order valence-electron chi connectivity index (χ0n) is 11.5. The number of alkyl halides is 3. The lowest BCUT2D eigenvalue weighted by atomic mass is 10.1. The summed E-state index contributed by atoms with van der Waals surface area (Å²) in [4.78, 5) is 19.4. The van der Waals surface area contributed by atoms with Gasteiger partial charge in [0.05, 0.1) is 0 Å². The lowest BCUT2D eigenvalue weighted by Crippen LogP contribution is -2.32. The highest BCUT2D eigenvalue weighted by Gasteiger charge is 2.38. The number of nitrogens with two attached hydrogens (primary N) is 1. The van der Waals surface area contributed by atoms with Gasteiger partial charge < -0.3 is 20.1 Å². The molecular weight excluding hydrogens is 366 g/mol. The van der Waals surface area contributed by atoms with E-state index in [1.165, 1.54) is 24.3 Å². The van der Waals surface area contributed by atoms with Crippen LogP contribution in [0.15, 0.2) is 24.3 Å². The zero-order chi connectivity index (χ0) is 19.1. The third-order valence-electron chi connectivity index (χ3n) is 2.13. The summed E-state index contributed by atoms with van der Waals surface area (Å²) in [5.41, 5.74) is 5.87. The van der Waals surface area contributed by atoms with Crippen molar-refractivity contribution < 1.29 is 49.5 Å². The van der Waals surface area contributed by atoms with Crippen LogP contribution in [0.3, 0.4) is 0 Å². The lowest BCUT2D eigenvalue weighted by Gasteiger charge is -2.06.